The Kier molecular flexibility index (Phi) is 4.43. The summed E-state index contributed by atoms with van der Waals surface area (Å²) in [4.78, 5) is 31.4. The lowest BCUT2D eigenvalue weighted by molar-refractivity contribution is -0.116. The van der Waals surface area contributed by atoms with Crippen LogP contribution in [0.25, 0.3) is 10.2 Å². The van der Waals surface area contributed by atoms with Crippen LogP contribution >= 0.6 is 27.3 Å². The van der Waals surface area contributed by atoms with Crippen molar-refractivity contribution in [2.75, 3.05) is 5.32 Å². The molecule has 128 valence electrons. The number of hydrogen-bond donors (Lipinski definition) is 1. The van der Waals surface area contributed by atoms with Crippen molar-refractivity contribution >= 4 is 49.1 Å². The van der Waals surface area contributed by atoms with Crippen LogP contribution in [0.2, 0.25) is 0 Å². The van der Waals surface area contributed by atoms with Gasteiger partial charge in [-0.1, -0.05) is 15.9 Å². The smallest absolute Gasteiger partial charge is 0.262 e. The summed E-state index contributed by atoms with van der Waals surface area (Å²) in [7, 11) is 0. The monoisotopic (exact) mass is 417 g/mol. The van der Waals surface area contributed by atoms with Crippen molar-refractivity contribution in [3.05, 3.63) is 55.9 Å². The molecule has 1 aliphatic carbocycles. The number of aromatic nitrogens is 2. The molecule has 2 aromatic heterocycles. The molecule has 1 aliphatic rings. The number of thiophene rings is 1. The Morgan fingerprint density at radius 3 is 2.88 bits per heavy atom. The third-order valence-electron chi connectivity index (χ3n) is 4.40. The van der Waals surface area contributed by atoms with E-state index in [2.05, 4.69) is 26.2 Å². The van der Waals surface area contributed by atoms with E-state index in [1.165, 1.54) is 10.4 Å². The second-order valence-corrected chi connectivity index (χ2v) is 8.08. The van der Waals surface area contributed by atoms with Crippen LogP contribution in [0.4, 0.5) is 5.69 Å². The molecule has 25 heavy (non-hydrogen) atoms. The molecule has 0 radical (unpaired) electrons. The van der Waals surface area contributed by atoms with Gasteiger partial charge in [-0.3, -0.25) is 14.2 Å². The minimum absolute atomic E-state index is 0.0270. The van der Waals surface area contributed by atoms with Gasteiger partial charge in [-0.05, 0) is 49.1 Å². The number of carbonyl (C=O) groups is 1. The van der Waals surface area contributed by atoms with Crippen LogP contribution in [0.1, 0.15) is 23.3 Å². The maximum atomic E-state index is 12.8. The fourth-order valence-electron chi connectivity index (χ4n) is 3.16. The molecule has 4 rings (SSSR count). The van der Waals surface area contributed by atoms with Crippen molar-refractivity contribution in [3.63, 3.8) is 0 Å². The van der Waals surface area contributed by atoms with E-state index in [1.807, 2.05) is 24.3 Å². The van der Waals surface area contributed by atoms with Gasteiger partial charge >= 0.3 is 0 Å². The van der Waals surface area contributed by atoms with E-state index in [1.54, 1.807) is 22.2 Å². The van der Waals surface area contributed by atoms with Crippen LogP contribution in [0.5, 0.6) is 0 Å². The molecule has 0 unspecified atom stereocenters. The average molecular weight is 418 g/mol. The lowest BCUT2D eigenvalue weighted by atomic mass is 10.2. The number of carbonyl (C=O) groups excluding carboxylic acids is 1. The number of fused-ring (bicyclic) bond motifs is 3. The zero-order valence-electron chi connectivity index (χ0n) is 13.4. The van der Waals surface area contributed by atoms with E-state index in [0.717, 1.165) is 39.6 Å². The van der Waals surface area contributed by atoms with Crippen LogP contribution in [0.15, 0.2) is 39.9 Å². The van der Waals surface area contributed by atoms with Crippen molar-refractivity contribution in [2.45, 2.75) is 32.2 Å². The van der Waals surface area contributed by atoms with Gasteiger partial charge in [0.25, 0.3) is 5.56 Å². The summed E-state index contributed by atoms with van der Waals surface area (Å²) < 4.78 is 2.51. The summed E-state index contributed by atoms with van der Waals surface area (Å²) in [5.41, 5.74) is 1.89. The number of nitrogens with zero attached hydrogens (tertiary/aromatic N) is 2. The predicted octanol–water partition coefficient (Wildman–Crippen LogP) is 3.74. The number of aryl methyl sites for hydroxylation is 3. The number of amides is 1. The third-order valence-corrected chi connectivity index (χ3v) is 6.13. The first-order valence-electron chi connectivity index (χ1n) is 8.17. The molecule has 0 fully saturated rings. The molecule has 5 nitrogen and oxygen atoms in total. The van der Waals surface area contributed by atoms with E-state index in [9.17, 15) is 9.59 Å². The number of nitrogens with one attached hydrogen (secondary N) is 1. The Bertz CT molecular complexity index is 1010. The Morgan fingerprint density at radius 1 is 1.28 bits per heavy atom. The Balaban J connectivity index is 1.49. The summed E-state index contributed by atoms with van der Waals surface area (Å²) in [5.74, 6) is -0.120. The molecule has 7 heteroatoms. The van der Waals surface area contributed by atoms with Gasteiger partial charge in [0.15, 0.2) is 0 Å². The van der Waals surface area contributed by atoms with Gasteiger partial charge in [-0.15, -0.1) is 11.3 Å². The largest absolute Gasteiger partial charge is 0.326 e. The van der Waals surface area contributed by atoms with E-state index in [4.69, 9.17) is 0 Å². The number of rotatable bonds is 4. The van der Waals surface area contributed by atoms with Crippen LogP contribution in [0, 0.1) is 0 Å². The van der Waals surface area contributed by atoms with Gasteiger partial charge in [0.2, 0.25) is 5.91 Å². The maximum Gasteiger partial charge on any atom is 0.262 e. The highest BCUT2D eigenvalue weighted by Crippen LogP contribution is 2.34. The van der Waals surface area contributed by atoms with E-state index in [-0.39, 0.29) is 17.9 Å². The number of anilines is 1. The maximum absolute atomic E-state index is 12.8. The summed E-state index contributed by atoms with van der Waals surface area (Å²) in [6, 6.07) is 7.40. The van der Waals surface area contributed by atoms with Crippen LogP contribution < -0.4 is 10.9 Å². The molecule has 2 heterocycles. The molecule has 0 saturated heterocycles. The van der Waals surface area contributed by atoms with Gasteiger partial charge < -0.3 is 5.32 Å². The van der Waals surface area contributed by atoms with Gasteiger partial charge in [0.05, 0.1) is 11.7 Å². The fraction of sp³-hybridized carbons (Fsp3) is 0.278. The predicted molar refractivity (Wildman–Crippen MR) is 103 cm³/mol. The first-order valence-corrected chi connectivity index (χ1v) is 9.78. The Morgan fingerprint density at radius 2 is 2.08 bits per heavy atom. The van der Waals surface area contributed by atoms with Gasteiger partial charge in [-0.2, -0.15) is 0 Å². The third kappa shape index (κ3) is 3.26. The highest BCUT2D eigenvalue weighted by Gasteiger charge is 2.21. The molecule has 1 amide bonds. The lowest BCUT2D eigenvalue weighted by Gasteiger charge is -2.07. The van der Waals surface area contributed by atoms with Crippen molar-refractivity contribution in [2.24, 2.45) is 0 Å². The highest BCUT2D eigenvalue weighted by molar-refractivity contribution is 9.10. The second-order valence-electron chi connectivity index (χ2n) is 6.09. The van der Waals surface area contributed by atoms with E-state index >= 15 is 0 Å². The molecule has 0 atom stereocenters. The summed E-state index contributed by atoms with van der Waals surface area (Å²) in [6.07, 6.45) is 4.91. The molecule has 1 N–H and O–H groups in total. The molecule has 0 bridgehead atoms. The van der Waals surface area contributed by atoms with Crippen LogP contribution in [-0.4, -0.2) is 15.5 Å². The molecular weight excluding hydrogens is 402 g/mol. The summed E-state index contributed by atoms with van der Waals surface area (Å²) in [5, 5.41) is 3.60. The minimum Gasteiger partial charge on any atom is -0.326 e. The molecule has 0 spiro atoms. The Hall–Kier alpha value is -1.99. The van der Waals surface area contributed by atoms with Crippen molar-refractivity contribution in [3.8, 4) is 0 Å². The van der Waals surface area contributed by atoms with E-state index < -0.39 is 0 Å². The normalized spacial score (nSPS) is 13.2. The van der Waals surface area contributed by atoms with Crippen molar-refractivity contribution < 1.29 is 4.79 Å². The summed E-state index contributed by atoms with van der Waals surface area (Å²) >= 11 is 4.99. The van der Waals surface area contributed by atoms with E-state index in [0.29, 0.717) is 6.54 Å². The standard InChI is InChI=1S/C18H16BrN3O2S/c19-11-4-6-12(7-5-11)21-15(23)8-9-22-10-20-17-16(18(22)24)13-2-1-3-14(13)25-17/h4-7,10H,1-3,8-9H2,(H,21,23). The van der Waals surface area contributed by atoms with Crippen molar-refractivity contribution in [1.29, 1.82) is 0 Å². The van der Waals surface area contributed by atoms with Crippen LogP contribution in [0.3, 0.4) is 0 Å². The minimum atomic E-state index is -0.120. The zero-order chi connectivity index (χ0) is 17.4. The molecule has 0 aliphatic heterocycles. The van der Waals surface area contributed by atoms with Gasteiger partial charge in [0.1, 0.15) is 4.83 Å². The topological polar surface area (TPSA) is 64.0 Å². The molecular formula is C18H16BrN3O2S. The first kappa shape index (κ1) is 16.5. The zero-order valence-corrected chi connectivity index (χ0v) is 15.8. The summed E-state index contributed by atoms with van der Waals surface area (Å²) in [6.45, 7) is 0.328. The molecule has 3 aromatic rings. The van der Waals surface area contributed by atoms with Gasteiger partial charge in [-0.25, -0.2) is 4.98 Å². The van der Waals surface area contributed by atoms with Gasteiger partial charge in [0, 0.05) is 28.0 Å². The SMILES string of the molecule is O=C(CCn1cnc2sc3c(c2c1=O)CCC3)Nc1ccc(Br)cc1. The number of benzene rings is 1. The quantitative estimate of drug-likeness (QED) is 0.702. The van der Waals surface area contributed by atoms with Crippen LogP contribution in [-0.2, 0) is 24.2 Å². The molecule has 1 aromatic carbocycles. The van der Waals surface area contributed by atoms with Crippen molar-refractivity contribution in [1.82, 2.24) is 9.55 Å². The average Bonchev–Trinajstić information content (AvgIpc) is 3.17. The molecule has 0 saturated carbocycles. The first-order chi connectivity index (χ1) is 12.1. The number of halogens is 1. The second kappa shape index (κ2) is 6.72. The Labute approximate surface area is 156 Å². The number of hydrogen-bond acceptors (Lipinski definition) is 4. The fourth-order valence-corrected chi connectivity index (χ4v) is 4.64. The highest BCUT2D eigenvalue weighted by atomic mass is 79.9. The lowest BCUT2D eigenvalue weighted by Crippen LogP contribution is -2.23.